The predicted molar refractivity (Wildman–Crippen MR) is 66.3 cm³/mol. The number of rotatable bonds is 4. The third-order valence-electron chi connectivity index (χ3n) is 2.88. The fraction of sp³-hybridized carbons (Fsp3) is 0.417. The van der Waals surface area contributed by atoms with Gasteiger partial charge in [0.2, 0.25) is 0 Å². The van der Waals surface area contributed by atoms with Crippen LogP contribution in [0.5, 0.6) is 0 Å². The minimum Gasteiger partial charge on any atom is -0.399 e. The number of nitrogens with one attached hydrogen (secondary N) is 1. The van der Waals surface area contributed by atoms with Crippen molar-refractivity contribution in [1.82, 2.24) is 5.32 Å². The van der Waals surface area contributed by atoms with E-state index >= 15 is 0 Å². The maximum Gasteiger partial charge on any atom is 0.251 e. The number of amides is 1. The van der Waals surface area contributed by atoms with Crippen molar-refractivity contribution in [3.05, 3.63) is 23.8 Å². The third kappa shape index (κ3) is 3.10. The van der Waals surface area contributed by atoms with E-state index in [1.807, 2.05) is 0 Å². The van der Waals surface area contributed by atoms with Gasteiger partial charge < -0.3 is 21.9 Å². The molecule has 92 valence electrons. The van der Waals surface area contributed by atoms with E-state index in [1.54, 1.807) is 18.2 Å². The van der Waals surface area contributed by atoms with Gasteiger partial charge in [-0.2, -0.15) is 0 Å². The molecule has 5 nitrogen and oxygen atoms in total. The molecule has 0 heterocycles. The number of benzene rings is 1. The summed E-state index contributed by atoms with van der Waals surface area (Å²) in [5.74, 6) is 0.0879. The molecule has 0 bridgehead atoms. The number of aliphatic hydroxyl groups is 1. The number of carbonyl (C=O) groups is 1. The molecule has 1 saturated carbocycles. The molecule has 0 spiro atoms. The van der Waals surface area contributed by atoms with Crippen LogP contribution in [0, 0.1) is 5.92 Å². The van der Waals surface area contributed by atoms with Crippen molar-refractivity contribution in [3.8, 4) is 0 Å². The molecule has 1 fully saturated rings. The maximum atomic E-state index is 11.8. The van der Waals surface area contributed by atoms with Crippen LogP contribution in [-0.2, 0) is 0 Å². The Morgan fingerprint density at radius 2 is 1.94 bits per heavy atom. The molecule has 0 aliphatic heterocycles. The molecule has 0 saturated heterocycles. The van der Waals surface area contributed by atoms with Crippen LogP contribution in [0.3, 0.4) is 0 Å². The second kappa shape index (κ2) is 4.63. The molecule has 1 aromatic rings. The van der Waals surface area contributed by atoms with Crippen molar-refractivity contribution in [3.63, 3.8) is 0 Å². The molecule has 0 radical (unpaired) electrons. The molecule has 6 N–H and O–H groups in total. The Morgan fingerprint density at radius 3 is 2.47 bits per heavy atom. The van der Waals surface area contributed by atoms with E-state index in [1.165, 1.54) is 0 Å². The molecule has 1 atom stereocenters. The van der Waals surface area contributed by atoms with Gasteiger partial charge in [-0.1, -0.05) is 0 Å². The van der Waals surface area contributed by atoms with Gasteiger partial charge in [0.1, 0.15) is 0 Å². The Morgan fingerprint density at radius 1 is 1.35 bits per heavy atom. The van der Waals surface area contributed by atoms with Gasteiger partial charge in [-0.25, -0.2) is 0 Å². The molecule has 5 heteroatoms. The highest BCUT2D eigenvalue weighted by Crippen LogP contribution is 2.32. The molecular weight excluding hydrogens is 218 g/mol. The molecule has 2 rings (SSSR count). The number of nitrogen functional groups attached to an aromatic ring is 2. The van der Waals surface area contributed by atoms with Gasteiger partial charge in [-0.05, 0) is 37.0 Å². The Kier molecular flexibility index (Phi) is 3.19. The monoisotopic (exact) mass is 235 g/mol. The van der Waals surface area contributed by atoms with Gasteiger partial charge >= 0.3 is 0 Å². The average Bonchev–Trinajstić information content (AvgIpc) is 3.07. The summed E-state index contributed by atoms with van der Waals surface area (Å²) in [5.41, 5.74) is 12.5. The summed E-state index contributed by atoms with van der Waals surface area (Å²) >= 11 is 0. The lowest BCUT2D eigenvalue weighted by atomic mass is 10.1. The van der Waals surface area contributed by atoms with Gasteiger partial charge in [0.15, 0.2) is 0 Å². The molecule has 0 aromatic heterocycles. The molecular formula is C12H17N3O2. The van der Waals surface area contributed by atoms with Crippen molar-refractivity contribution in [2.24, 2.45) is 5.92 Å². The number of carbonyl (C=O) groups excluding carboxylic acids is 1. The minimum absolute atomic E-state index is 0.260. The molecule has 1 amide bonds. The van der Waals surface area contributed by atoms with E-state index in [9.17, 15) is 9.90 Å². The molecule has 1 aliphatic rings. The Bertz CT molecular complexity index is 410. The van der Waals surface area contributed by atoms with Crippen LogP contribution in [-0.4, -0.2) is 23.7 Å². The lowest BCUT2D eigenvalue weighted by Gasteiger charge is -2.11. The number of anilines is 2. The van der Waals surface area contributed by atoms with Crippen LogP contribution < -0.4 is 16.8 Å². The molecule has 1 aliphatic carbocycles. The van der Waals surface area contributed by atoms with Crippen LogP contribution in [0.4, 0.5) is 11.4 Å². The number of hydrogen-bond donors (Lipinski definition) is 4. The fourth-order valence-corrected chi connectivity index (χ4v) is 1.75. The predicted octanol–water partition coefficient (Wildman–Crippen LogP) is 0.352. The van der Waals surface area contributed by atoms with Crippen molar-refractivity contribution in [2.75, 3.05) is 18.0 Å². The van der Waals surface area contributed by atoms with Gasteiger partial charge in [0.25, 0.3) is 5.91 Å². The summed E-state index contributed by atoms with van der Waals surface area (Å²) in [5, 5.41) is 12.3. The summed E-state index contributed by atoms with van der Waals surface area (Å²) in [6, 6.07) is 4.72. The van der Waals surface area contributed by atoms with Gasteiger partial charge in [0.05, 0.1) is 6.10 Å². The fourth-order valence-electron chi connectivity index (χ4n) is 1.75. The molecule has 1 unspecified atom stereocenters. The van der Waals surface area contributed by atoms with Gasteiger partial charge in [0, 0.05) is 23.5 Å². The van der Waals surface area contributed by atoms with Crippen molar-refractivity contribution in [1.29, 1.82) is 0 Å². The zero-order valence-corrected chi connectivity index (χ0v) is 9.52. The zero-order valence-electron chi connectivity index (χ0n) is 9.52. The standard InChI is InChI=1S/C12H17N3O2/c13-9-3-8(4-10(14)5-9)12(17)15-6-11(16)7-1-2-7/h3-5,7,11,16H,1-2,6,13-14H2,(H,15,17). The summed E-state index contributed by atoms with van der Waals surface area (Å²) in [7, 11) is 0. The van der Waals surface area contributed by atoms with Crippen molar-refractivity contribution in [2.45, 2.75) is 18.9 Å². The second-order valence-corrected chi connectivity index (χ2v) is 4.50. The number of hydrogen-bond acceptors (Lipinski definition) is 4. The summed E-state index contributed by atoms with van der Waals surface area (Å²) < 4.78 is 0. The van der Waals surface area contributed by atoms with E-state index in [4.69, 9.17) is 11.5 Å². The van der Waals surface area contributed by atoms with Crippen LogP contribution in [0.2, 0.25) is 0 Å². The van der Waals surface area contributed by atoms with Crippen LogP contribution in [0.25, 0.3) is 0 Å². The first-order chi connectivity index (χ1) is 8.06. The number of aliphatic hydroxyl groups excluding tert-OH is 1. The smallest absolute Gasteiger partial charge is 0.251 e. The van der Waals surface area contributed by atoms with Crippen LogP contribution in [0.1, 0.15) is 23.2 Å². The van der Waals surface area contributed by atoms with Crippen LogP contribution >= 0.6 is 0 Å². The van der Waals surface area contributed by atoms with Crippen molar-refractivity contribution < 1.29 is 9.90 Å². The SMILES string of the molecule is Nc1cc(N)cc(C(=O)NCC(O)C2CC2)c1. The molecule has 17 heavy (non-hydrogen) atoms. The highest BCUT2D eigenvalue weighted by Gasteiger charge is 2.29. The van der Waals surface area contributed by atoms with Gasteiger partial charge in [-0.15, -0.1) is 0 Å². The lowest BCUT2D eigenvalue weighted by Crippen LogP contribution is -2.33. The largest absolute Gasteiger partial charge is 0.399 e. The van der Waals surface area contributed by atoms with E-state index in [0.29, 0.717) is 22.9 Å². The van der Waals surface area contributed by atoms with E-state index in [0.717, 1.165) is 12.8 Å². The molecule has 1 aromatic carbocycles. The minimum atomic E-state index is -0.447. The van der Waals surface area contributed by atoms with E-state index in [-0.39, 0.29) is 12.5 Å². The van der Waals surface area contributed by atoms with E-state index in [2.05, 4.69) is 5.32 Å². The maximum absolute atomic E-state index is 11.8. The second-order valence-electron chi connectivity index (χ2n) is 4.50. The normalized spacial score (nSPS) is 16.5. The summed E-state index contributed by atoms with van der Waals surface area (Å²) in [4.78, 5) is 11.8. The first-order valence-corrected chi connectivity index (χ1v) is 5.68. The van der Waals surface area contributed by atoms with Crippen molar-refractivity contribution >= 4 is 17.3 Å². The Balaban J connectivity index is 1.94. The van der Waals surface area contributed by atoms with Gasteiger partial charge in [-0.3, -0.25) is 4.79 Å². The van der Waals surface area contributed by atoms with Crippen LogP contribution in [0.15, 0.2) is 18.2 Å². The quantitative estimate of drug-likeness (QED) is 0.566. The number of nitrogens with two attached hydrogens (primary N) is 2. The summed E-state index contributed by atoms with van der Waals surface area (Å²) in [6.45, 7) is 0.276. The highest BCUT2D eigenvalue weighted by atomic mass is 16.3. The zero-order chi connectivity index (χ0) is 12.4. The first-order valence-electron chi connectivity index (χ1n) is 5.68. The third-order valence-corrected chi connectivity index (χ3v) is 2.88. The Hall–Kier alpha value is -1.75. The average molecular weight is 235 g/mol. The highest BCUT2D eigenvalue weighted by molar-refractivity contribution is 5.96. The topological polar surface area (TPSA) is 101 Å². The van der Waals surface area contributed by atoms with E-state index < -0.39 is 6.10 Å². The lowest BCUT2D eigenvalue weighted by molar-refractivity contribution is 0.0901. The first kappa shape index (κ1) is 11.7. The summed E-state index contributed by atoms with van der Waals surface area (Å²) in [6.07, 6.45) is 1.64. The Labute approximate surface area is 99.8 Å².